The molecule has 0 aliphatic rings. The van der Waals surface area contributed by atoms with Gasteiger partial charge >= 0.3 is 0 Å². The van der Waals surface area contributed by atoms with Crippen molar-refractivity contribution in [1.29, 1.82) is 0 Å². The van der Waals surface area contributed by atoms with Gasteiger partial charge in [-0.1, -0.05) is 17.7 Å². The molecular weight excluding hydrogens is 282 g/mol. The van der Waals surface area contributed by atoms with Crippen molar-refractivity contribution in [1.82, 2.24) is 4.98 Å². The Balaban J connectivity index is 2.47. The summed E-state index contributed by atoms with van der Waals surface area (Å²) in [6.07, 6.45) is 0. The molecule has 0 saturated carbocycles. The fourth-order valence-electron chi connectivity index (χ4n) is 1.19. The molecule has 2 rings (SSSR count). The number of hydrogen-bond acceptors (Lipinski definition) is 2. The molecule has 0 spiro atoms. The number of nitrogens with zero attached hydrogens (tertiary/aromatic N) is 1. The van der Waals surface area contributed by atoms with Crippen molar-refractivity contribution >= 4 is 38.9 Å². The first-order valence-corrected chi connectivity index (χ1v) is 6.09. The molecule has 0 amide bonds. The van der Waals surface area contributed by atoms with E-state index in [1.165, 1.54) is 0 Å². The summed E-state index contributed by atoms with van der Waals surface area (Å²) in [5.74, 6) is 0. The summed E-state index contributed by atoms with van der Waals surface area (Å²) in [5.41, 5.74) is 3.17. The summed E-state index contributed by atoms with van der Waals surface area (Å²) in [7, 11) is 0. The van der Waals surface area contributed by atoms with Gasteiger partial charge in [-0.3, -0.25) is 0 Å². The summed E-state index contributed by atoms with van der Waals surface area (Å²) in [5, 5.41) is 2.82. The van der Waals surface area contributed by atoms with Crippen LogP contribution in [0.3, 0.4) is 0 Å². The maximum absolute atomic E-state index is 5.95. The molecule has 0 fully saturated rings. The van der Waals surface area contributed by atoms with Crippen LogP contribution in [0.2, 0.25) is 5.02 Å². The van der Waals surface area contributed by atoms with Crippen LogP contribution in [-0.4, -0.2) is 4.98 Å². The molecule has 0 aliphatic heterocycles. The minimum absolute atomic E-state index is 0.794. The minimum Gasteiger partial charge on any atom is -0.229 e. The van der Waals surface area contributed by atoms with E-state index in [2.05, 4.69) is 20.9 Å². The van der Waals surface area contributed by atoms with Gasteiger partial charge in [-0.25, -0.2) is 4.98 Å². The number of aryl methyl sites for hydroxylation is 1. The van der Waals surface area contributed by atoms with Crippen molar-refractivity contribution in [2.24, 2.45) is 0 Å². The second-order valence-electron chi connectivity index (χ2n) is 2.95. The molecule has 4 heteroatoms. The third-order valence-corrected chi connectivity index (χ3v) is 3.72. The molecule has 0 N–H and O–H groups in total. The predicted octanol–water partition coefficient (Wildman–Crippen LogP) is 4.53. The van der Waals surface area contributed by atoms with Crippen molar-refractivity contribution in [3.8, 4) is 11.3 Å². The number of thiazole rings is 1. The molecule has 1 aromatic carbocycles. The van der Waals surface area contributed by atoms with Gasteiger partial charge < -0.3 is 0 Å². The normalized spacial score (nSPS) is 10.5. The van der Waals surface area contributed by atoms with Crippen molar-refractivity contribution in [3.63, 3.8) is 0 Å². The predicted molar refractivity (Wildman–Crippen MR) is 65.0 cm³/mol. The molecule has 0 atom stereocenters. The third-order valence-electron chi connectivity index (χ3n) is 1.93. The molecule has 1 nitrogen and oxygen atoms in total. The number of rotatable bonds is 1. The molecule has 0 bridgehead atoms. The summed E-state index contributed by atoms with van der Waals surface area (Å²) < 4.78 is 0.903. The summed E-state index contributed by atoms with van der Waals surface area (Å²) in [4.78, 5) is 4.34. The Morgan fingerprint density at radius 3 is 2.79 bits per heavy atom. The average Bonchev–Trinajstić information content (AvgIpc) is 2.57. The first kappa shape index (κ1) is 10.1. The summed E-state index contributed by atoms with van der Waals surface area (Å²) in [6.45, 7) is 1.99. The highest BCUT2D eigenvalue weighted by Gasteiger charge is 2.04. The van der Waals surface area contributed by atoms with Crippen LogP contribution < -0.4 is 0 Å². The fourth-order valence-corrected chi connectivity index (χ4v) is 2.33. The van der Waals surface area contributed by atoms with Gasteiger partial charge in [0.25, 0.3) is 0 Å². The van der Waals surface area contributed by atoms with Crippen LogP contribution in [0.4, 0.5) is 0 Å². The average molecular weight is 289 g/mol. The topological polar surface area (TPSA) is 12.9 Å². The molecular formula is C10H7BrClNS. The van der Waals surface area contributed by atoms with Crippen LogP contribution in [0, 0.1) is 6.92 Å². The Hall–Kier alpha value is -0.380. The van der Waals surface area contributed by atoms with Gasteiger partial charge in [0.1, 0.15) is 0 Å². The van der Waals surface area contributed by atoms with E-state index in [1.54, 1.807) is 11.3 Å². The van der Waals surface area contributed by atoms with Gasteiger partial charge in [0.15, 0.2) is 3.92 Å². The highest BCUT2D eigenvalue weighted by atomic mass is 79.9. The number of hydrogen-bond donors (Lipinski definition) is 0. The number of halogens is 2. The SMILES string of the molecule is Cc1cc(-c2csc(Br)n2)ccc1Cl. The van der Waals surface area contributed by atoms with E-state index in [-0.39, 0.29) is 0 Å². The highest BCUT2D eigenvalue weighted by Crippen LogP contribution is 2.27. The van der Waals surface area contributed by atoms with Crippen LogP contribution in [0.1, 0.15) is 5.56 Å². The quantitative estimate of drug-likeness (QED) is 0.751. The first-order valence-electron chi connectivity index (χ1n) is 4.04. The van der Waals surface area contributed by atoms with E-state index in [0.717, 1.165) is 25.8 Å². The van der Waals surface area contributed by atoms with Gasteiger partial charge in [0.05, 0.1) is 5.69 Å². The molecule has 1 aromatic heterocycles. The maximum Gasteiger partial charge on any atom is 0.159 e. The fraction of sp³-hybridized carbons (Fsp3) is 0.100. The van der Waals surface area contributed by atoms with Crippen molar-refractivity contribution in [2.75, 3.05) is 0 Å². The Bertz CT molecular complexity index is 467. The Labute approximate surface area is 99.9 Å². The van der Waals surface area contributed by atoms with Crippen LogP contribution in [0.5, 0.6) is 0 Å². The molecule has 0 radical (unpaired) electrons. The van der Waals surface area contributed by atoms with Crippen LogP contribution >= 0.6 is 38.9 Å². The van der Waals surface area contributed by atoms with Crippen LogP contribution in [0.25, 0.3) is 11.3 Å². The van der Waals surface area contributed by atoms with E-state index in [4.69, 9.17) is 11.6 Å². The van der Waals surface area contributed by atoms with Crippen LogP contribution in [-0.2, 0) is 0 Å². The van der Waals surface area contributed by atoms with Gasteiger partial charge in [0, 0.05) is 16.0 Å². The Kier molecular flexibility index (Phi) is 2.91. The lowest BCUT2D eigenvalue weighted by Gasteiger charge is -2.00. The summed E-state index contributed by atoms with van der Waals surface area (Å²) >= 11 is 10.9. The van der Waals surface area contributed by atoms with E-state index in [0.29, 0.717) is 0 Å². The Morgan fingerprint density at radius 2 is 2.21 bits per heavy atom. The molecule has 0 saturated heterocycles. The molecule has 14 heavy (non-hydrogen) atoms. The zero-order valence-electron chi connectivity index (χ0n) is 7.42. The molecule has 0 unspecified atom stereocenters. The minimum atomic E-state index is 0.794. The van der Waals surface area contributed by atoms with Gasteiger partial charge in [-0.2, -0.15) is 0 Å². The second-order valence-corrected chi connectivity index (χ2v) is 5.49. The Morgan fingerprint density at radius 1 is 1.43 bits per heavy atom. The lowest BCUT2D eigenvalue weighted by Crippen LogP contribution is -1.80. The molecule has 2 aromatic rings. The van der Waals surface area contributed by atoms with E-state index < -0.39 is 0 Å². The zero-order chi connectivity index (χ0) is 10.1. The lowest BCUT2D eigenvalue weighted by molar-refractivity contribution is 1.36. The zero-order valence-corrected chi connectivity index (χ0v) is 10.6. The lowest BCUT2D eigenvalue weighted by atomic mass is 10.1. The maximum atomic E-state index is 5.95. The highest BCUT2D eigenvalue weighted by molar-refractivity contribution is 9.11. The molecule has 0 aliphatic carbocycles. The van der Waals surface area contributed by atoms with E-state index in [9.17, 15) is 0 Å². The number of aromatic nitrogens is 1. The van der Waals surface area contributed by atoms with Gasteiger partial charge in [0.2, 0.25) is 0 Å². The number of benzene rings is 1. The second kappa shape index (κ2) is 4.01. The standard InChI is InChI=1S/C10H7BrClNS/c1-6-4-7(2-3-8(6)12)9-5-14-10(11)13-9/h2-5H,1H3. The van der Waals surface area contributed by atoms with Crippen molar-refractivity contribution in [3.05, 3.63) is 38.1 Å². The monoisotopic (exact) mass is 287 g/mol. The smallest absolute Gasteiger partial charge is 0.159 e. The van der Waals surface area contributed by atoms with Gasteiger partial charge in [-0.15, -0.1) is 11.3 Å². The van der Waals surface area contributed by atoms with Gasteiger partial charge in [-0.05, 0) is 40.5 Å². The molecule has 72 valence electrons. The largest absolute Gasteiger partial charge is 0.229 e. The van der Waals surface area contributed by atoms with E-state index >= 15 is 0 Å². The third kappa shape index (κ3) is 2.00. The van der Waals surface area contributed by atoms with Crippen molar-refractivity contribution < 1.29 is 0 Å². The van der Waals surface area contributed by atoms with E-state index in [1.807, 2.05) is 30.5 Å². The van der Waals surface area contributed by atoms with Crippen LogP contribution in [0.15, 0.2) is 27.5 Å². The van der Waals surface area contributed by atoms with Crippen molar-refractivity contribution in [2.45, 2.75) is 6.92 Å². The summed E-state index contributed by atoms with van der Waals surface area (Å²) in [6, 6.07) is 5.93. The molecule has 1 heterocycles. The first-order chi connectivity index (χ1) is 6.66.